The molecule has 24 heavy (non-hydrogen) atoms. The van der Waals surface area contributed by atoms with Crippen molar-refractivity contribution in [3.8, 4) is 11.4 Å². The SMILES string of the molecule is Cc1cccc(-c2nc(Nc3ccccc3)c3ccccc3n2)c1. The fraction of sp³-hybridized carbons (Fsp3) is 0.0476. The zero-order valence-electron chi connectivity index (χ0n) is 13.4. The van der Waals surface area contributed by atoms with Gasteiger partial charge in [-0.15, -0.1) is 0 Å². The zero-order valence-corrected chi connectivity index (χ0v) is 13.4. The Hall–Kier alpha value is -3.20. The van der Waals surface area contributed by atoms with Crippen LogP contribution in [0.3, 0.4) is 0 Å². The predicted octanol–water partition coefficient (Wildman–Crippen LogP) is 5.35. The first-order chi connectivity index (χ1) is 11.8. The number of aryl methyl sites for hydroxylation is 1. The van der Waals surface area contributed by atoms with E-state index in [0.717, 1.165) is 33.8 Å². The summed E-state index contributed by atoms with van der Waals surface area (Å²) in [6.45, 7) is 2.08. The Bertz CT molecular complexity index is 994. The van der Waals surface area contributed by atoms with Gasteiger partial charge in [-0.05, 0) is 37.3 Å². The summed E-state index contributed by atoms with van der Waals surface area (Å²) >= 11 is 0. The normalized spacial score (nSPS) is 10.7. The molecule has 0 amide bonds. The van der Waals surface area contributed by atoms with Crippen LogP contribution in [0, 0.1) is 6.92 Å². The van der Waals surface area contributed by atoms with Crippen LogP contribution < -0.4 is 5.32 Å². The molecule has 0 spiro atoms. The van der Waals surface area contributed by atoms with Crippen LogP contribution in [-0.2, 0) is 0 Å². The number of para-hydroxylation sites is 2. The molecule has 0 atom stereocenters. The summed E-state index contributed by atoms with van der Waals surface area (Å²) in [6.07, 6.45) is 0. The number of benzene rings is 3. The molecule has 0 fully saturated rings. The maximum absolute atomic E-state index is 4.79. The molecule has 0 aliphatic heterocycles. The summed E-state index contributed by atoms with van der Waals surface area (Å²) in [5.41, 5.74) is 4.16. The number of hydrogen-bond donors (Lipinski definition) is 1. The number of rotatable bonds is 3. The molecule has 1 heterocycles. The van der Waals surface area contributed by atoms with Crippen molar-refractivity contribution < 1.29 is 0 Å². The molecule has 0 bridgehead atoms. The highest BCUT2D eigenvalue weighted by molar-refractivity contribution is 5.92. The molecule has 1 aromatic heterocycles. The van der Waals surface area contributed by atoms with Crippen LogP contribution in [0.5, 0.6) is 0 Å². The van der Waals surface area contributed by atoms with Crippen LogP contribution in [-0.4, -0.2) is 9.97 Å². The van der Waals surface area contributed by atoms with Crippen LogP contribution in [0.1, 0.15) is 5.56 Å². The Labute approximate surface area is 141 Å². The number of aromatic nitrogens is 2. The van der Waals surface area contributed by atoms with Crippen LogP contribution in [0.25, 0.3) is 22.3 Å². The fourth-order valence-corrected chi connectivity index (χ4v) is 2.74. The van der Waals surface area contributed by atoms with E-state index >= 15 is 0 Å². The predicted molar refractivity (Wildman–Crippen MR) is 99.4 cm³/mol. The molecule has 0 aliphatic rings. The summed E-state index contributed by atoms with van der Waals surface area (Å²) < 4.78 is 0. The minimum atomic E-state index is 0.732. The van der Waals surface area contributed by atoms with Gasteiger partial charge in [-0.3, -0.25) is 0 Å². The van der Waals surface area contributed by atoms with Crippen LogP contribution >= 0.6 is 0 Å². The lowest BCUT2D eigenvalue weighted by atomic mass is 10.1. The molecule has 4 aromatic rings. The second-order valence-electron chi connectivity index (χ2n) is 5.77. The van der Waals surface area contributed by atoms with Crippen molar-refractivity contribution in [2.75, 3.05) is 5.32 Å². The van der Waals surface area contributed by atoms with Gasteiger partial charge >= 0.3 is 0 Å². The van der Waals surface area contributed by atoms with Crippen LogP contribution in [0.15, 0.2) is 78.9 Å². The molecule has 3 heteroatoms. The van der Waals surface area contributed by atoms with Gasteiger partial charge in [-0.1, -0.05) is 54.1 Å². The van der Waals surface area contributed by atoms with E-state index < -0.39 is 0 Å². The average molecular weight is 311 g/mol. The number of nitrogens with one attached hydrogen (secondary N) is 1. The monoisotopic (exact) mass is 311 g/mol. The topological polar surface area (TPSA) is 37.8 Å². The van der Waals surface area contributed by atoms with Gasteiger partial charge in [0.15, 0.2) is 5.82 Å². The van der Waals surface area contributed by atoms with Gasteiger partial charge < -0.3 is 5.32 Å². The van der Waals surface area contributed by atoms with Gasteiger partial charge in [-0.25, -0.2) is 9.97 Å². The third-order valence-corrected chi connectivity index (χ3v) is 3.92. The summed E-state index contributed by atoms with van der Waals surface area (Å²) in [5.74, 6) is 1.55. The molecule has 4 rings (SSSR count). The molecule has 0 radical (unpaired) electrons. The molecule has 1 N–H and O–H groups in total. The molecule has 116 valence electrons. The molecule has 0 saturated carbocycles. The van der Waals surface area contributed by atoms with E-state index in [4.69, 9.17) is 9.97 Å². The lowest BCUT2D eigenvalue weighted by molar-refractivity contribution is 1.22. The zero-order chi connectivity index (χ0) is 16.4. The van der Waals surface area contributed by atoms with Crippen molar-refractivity contribution in [2.45, 2.75) is 6.92 Å². The highest BCUT2D eigenvalue weighted by atomic mass is 15.0. The third-order valence-electron chi connectivity index (χ3n) is 3.92. The first kappa shape index (κ1) is 14.4. The van der Waals surface area contributed by atoms with E-state index in [9.17, 15) is 0 Å². The van der Waals surface area contributed by atoms with Crippen molar-refractivity contribution in [1.82, 2.24) is 9.97 Å². The Morgan fingerprint density at radius 1 is 0.750 bits per heavy atom. The Morgan fingerprint density at radius 3 is 2.38 bits per heavy atom. The van der Waals surface area contributed by atoms with Gasteiger partial charge in [0.2, 0.25) is 0 Å². The summed E-state index contributed by atoms with van der Waals surface area (Å²) in [7, 11) is 0. The van der Waals surface area contributed by atoms with Crippen LogP contribution in [0.4, 0.5) is 11.5 Å². The minimum Gasteiger partial charge on any atom is -0.340 e. The molecule has 0 aliphatic carbocycles. The molecular weight excluding hydrogens is 294 g/mol. The van der Waals surface area contributed by atoms with Crippen molar-refractivity contribution in [2.24, 2.45) is 0 Å². The quantitative estimate of drug-likeness (QED) is 0.554. The standard InChI is InChI=1S/C21H17N3/c1-15-8-7-9-16(14-15)20-23-19-13-6-5-12-18(19)21(24-20)22-17-10-3-2-4-11-17/h2-14H,1H3,(H,22,23,24). The maximum atomic E-state index is 4.79. The Balaban J connectivity index is 1.88. The molecule has 3 nitrogen and oxygen atoms in total. The molecular formula is C21H17N3. The van der Waals surface area contributed by atoms with Crippen molar-refractivity contribution in [3.05, 3.63) is 84.4 Å². The van der Waals surface area contributed by atoms with E-state index in [-0.39, 0.29) is 0 Å². The van der Waals surface area contributed by atoms with Gasteiger partial charge in [0.05, 0.1) is 5.52 Å². The van der Waals surface area contributed by atoms with Gasteiger partial charge in [0.25, 0.3) is 0 Å². The van der Waals surface area contributed by atoms with Gasteiger partial charge in [-0.2, -0.15) is 0 Å². The van der Waals surface area contributed by atoms with Crippen molar-refractivity contribution >= 4 is 22.4 Å². The first-order valence-corrected chi connectivity index (χ1v) is 7.95. The van der Waals surface area contributed by atoms with E-state index in [0.29, 0.717) is 0 Å². The van der Waals surface area contributed by atoms with Crippen molar-refractivity contribution in [3.63, 3.8) is 0 Å². The lowest BCUT2D eigenvalue weighted by Gasteiger charge is -2.11. The third kappa shape index (κ3) is 2.84. The maximum Gasteiger partial charge on any atom is 0.162 e. The molecule has 3 aromatic carbocycles. The van der Waals surface area contributed by atoms with E-state index in [1.165, 1.54) is 5.56 Å². The van der Waals surface area contributed by atoms with Gasteiger partial charge in [0, 0.05) is 16.6 Å². The van der Waals surface area contributed by atoms with E-state index in [2.05, 4.69) is 24.4 Å². The minimum absolute atomic E-state index is 0.732. The number of anilines is 2. The second kappa shape index (κ2) is 6.13. The van der Waals surface area contributed by atoms with Gasteiger partial charge in [0.1, 0.15) is 5.82 Å². The summed E-state index contributed by atoms with van der Waals surface area (Å²) in [5, 5.41) is 4.43. The largest absolute Gasteiger partial charge is 0.340 e. The highest BCUT2D eigenvalue weighted by Gasteiger charge is 2.09. The average Bonchev–Trinajstić information content (AvgIpc) is 2.62. The Morgan fingerprint density at radius 2 is 1.54 bits per heavy atom. The number of nitrogens with zero attached hydrogens (tertiary/aromatic N) is 2. The van der Waals surface area contributed by atoms with E-state index in [1.807, 2.05) is 66.7 Å². The Kier molecular flexibility index (Phi) is 3.67. The molecule has 0 unspecified atom stereocenters. The van der Waals surface area contributed by atoms with Crippen molar-refractivity contribution in [1.29, 1.82) is 0 Å². The molecule has 0 saturated heterocycles. The first-order valence-electron chi connectivity index (χ1n) is 7.95. The second-order valence-corrected chi connectivity index (χ2v) is 5.77. The summed E-state index contributed by atoms with van der Waals surface area (Å²) in [4.78, 5) is 9.52. The fourth-order valence-electron chi connectivity index (χ4n) is 2.74. The number of fused-ring (bicyclic) bond motifs is 1. The summed E-state index contributed by atoms with van der Waals surface area (Å²) in [6, 6.07) is 26.4. The van der Waals surface area contributed by atoms with Crippen LogP contribution in [0.2, 0.25) is 0 Å². The van der Waals surface area contributed by atoms with E-state index in [1.54, 1.807) is 0 Å². The number of hydrogen-bond acceptors (Lipinski definition) is 3. The smallest absolute Gasteiger partial charge is 0.162 e. The highest BCUT2D eigenvalue weighted by Crippen LogP contribution is 2.27. The lowest BCUT2D eigenvalue weighted by Crippen LogP contribution is -1.99.